The summed E-state index contributed by atoms with van der Waals surface area (Å²) in [6.07, 6.45) is 0.997. The summed E-state index contributed by atoms with van der Waals surface area (Å²) in [6.45, 7) is 4.21. The Labute approximate surface area is 146 Å². The van der Waals surface area contributed by atoms with Gasteiger partial charge in [-0.2, -0.15) is 4.52 Å². The number of benzene rings is 1. The van der Waals surface area contributed by atoms with Crippen LogP contribution in [0.1, 0.15) is 17.8 Å². The van der Waals surface area contributed by atoms with Crippen LogP contribution in [-0.4, -0.2) is 46.1 Å². The van der Waals surface area contributed by atoms with Gasteiger partial charge in [-0.15, -0.1) is 15.3 Å². The first-order valence-corrected chi connectivity index (χ1v) is 8.53. The third-order valence-electron chi connectivity index (χ3n) is 4.46. The van der Waals surface area contributed by atoms with Crippen LogP contribution in [0.2, 0.25) is 0 Å². The van der Waals surface area contributed by atoms with Gasteiger partial charge in [-0.25, -0.2) is 0 Å². The van der Waals surface area contributed by atoms with Gasteiger partial charge in [0.1, 0.15) is 0 Å². The molecule has 0 spiro atoms. The van der Waals surface area contributed by atoms with Crippen molar-refractivity contribution < 1.29 is 4.74 Å². The van der Waals surface area contributed by atoms with E-state index in [0.29, 0.717) is 6.04 Å². The molecule has 0 radical (unpaired) electrons. The number of fused-ring (bicyclic) bond motifs is 1. The molecule has 1 aliphatic heterocycles. The van der Waals surface area contributed by atoms with E-state index in [9.17, 15) is 0 Å². The second kappa shape index (κ2) is 6.68. The lowest BCUT2D eigenvalue weighted by molar-refractivity contribution is 0.195. The molecule has 1 fully saturated rings. The van der Waals surface area contributed by atoms with E-state index < -0.39 is 0 Å². The number of aryl methyl sites for hydroxylation is 1. The number of aromatic nitrogens is 4. The first-order valence-electron chi connectivity index (χ1n) is 8.53. The van der Waals surface area contributed by atoms with Crippen LogP contribution in [0.4, 0.5) is 11.5 Å². The fraction of sp³-hybridized carbons (Fsp3) is 0.389. The zero-order valence-electron chi connectivity index (χ0n) is 14.5. The van der Waals surface area contributed by atoms with E-state index in [0.717, 1.165) is 49.2 Å². The van der Waals surface area contributed by atoms with Crippen molar-refractivity contribution in [2.45, 2.75) is 25.9 Å². The first kappa shape index (κ1) is 15.8. The predicted molar refractivity (Wildman–Crippen MR) is 96.9 cm³/mol. The van der Waals surface area contributed by atoms with E-state index in [-0.39, 0.29) is 0 Å². The minimum absolute atomic E-state index is 0.301. The van der Waals surface area contributed by atoms with Gasteiger partial charge in [-0.05, 0) is 18.9 Å². The minimum Gasteiger partial charge on any atom is -0.379 e. The van der Waals surface area contributed by atoms with Crippen LogP contribution in [-0.2, 0) is 11.3 Å². The first-order chi connectivity index (χ1) is 12.2. The summed E-state index contributed by atoms with van der Waals surface area (Å²) in [6, 6.07) is 12.7. The molecule has 1 aromatic carbocycles. The highest BCUT2D eigenvalue weighted by atomic mass is 16.5. The number of hydrogen-bond acceptors (Lipinski definition) is 6. The third kappa shape index (κ3) is 3.28. The van der Waals surface area contributed by atoms with Crippen LogP contribution in [0.15, 0.2) is 36.4 Å². The fourth-order valence-electron chi connectivity index (χ4n) is 3.07. The second-order valence-corrected chi connectivity index (χ2v) is 6.45. The lowest BCUT2D eigenvalue weighted by Gasteiger charge is -2.20. The standard InChI is InChI=1S/C18H22N6O/c1-13-20-21-18-16(19-15-8-9-25-12-15)10-17(22-24(13)18)23(2)11-14-6-4-3-5-7-14/h3-7,10,15,19H,8-9,11-12H2,1-2H3. The number of rotatable bonds is 5. The second-order valence-electron chi connectivity index (χ2n) is 6.45. The number of nitrogens with zero attached hydrogens (tertiary/aromatic N) is 5. The molecular weight excluding hydrogens is 316 g/mol. The molecule has 3 aromatic rings. The lowest BCUT2D eigenvalue weighted by atomic mass is 10.2. The number of hydrogen-bond donors (Lipinski definition) is 1. The molecular formula is C18H22N6O. The van der Waals surface area contributed by atoms with Crippen molar-refractivity contribution in [2.24, 2.45) is 0 Å². The van der Waals surface area contributed by atoms with Gasteiger partial charge in [0, 0.05) is 26.3 Å². The molecule has 3 heterocycles. The van der Waals surface area contributed by atoms with E-state index in [1.54, 1.807) is 4.52 Å². The van der Waals surface area contributed by atoms with Gasteiger partial charge < -0.3 is 15.0 Å². The normalized spacial score (nSPS) is 17.1. The maximum Gasteiger partial charge on any atom is 0.201 e. The topological polar surface area (TPSA) is 67.6 Å². The number of anilines is 2. The summed E-state index contributed by atoms with van der Waals surface area (Å²) in [4.78, 5) is 2.13. The summed E-state index contributed by atoms with van der Waals surface area (Å²) in [5.74, 6) is 1.65. The smallest absolute Gasteiger partial charge is 0.201 e. The quantitative estimate of drug-likeness (QED) is 0.770. The molecule has 7 heteroatoms. The monoisotopic (exact) mass is 338 g/mol. The summed E-state index contributed by atoms with van der Waals surface area (Å²) in [5, 5.41) is 16.7. The Hall–Kier alpha value is -2.67. The molecule has 1 atom stereocenters. The van der Waals surface area contributed by atoms with Crippen molar-refractivity contribution in [3.05, 3.63) is 47.8 Å². The third-order valence-corrected chi connectivity index (χ3v) is 4.46. The van der Waals surface area contributed by atoms with Gasteiger partial charge in [-0.3, -0.25) is 0 Å². The van der Waals surface area contributed by atoms with Crippen LogP contribution >= 0.6 is 0 Å². The molecule has 4 rings (SSSR count). The van der Waals surface area contributed by atoms with Crippen LogP contribution in [0.25, 0.3) is 5.65 Å². The molecule has 0 amide bonds. The van der Waals surface area contributed by atoms with E-state index >= 15 is 0 Å². The minimum atomic E-state index is 0.301. The SMILES string of the molecule is Cc1nnc2c(NC3CCOC3)cc(N(C)Cc3ccccc3)nn12. The largest absolute Gasteiger partial charge is 0.379 e. The molecule has 0 aliphatic carbocycles. The van der Waals surface area contributed by atoms with Crippen LogP contribution in [0.3, 0.4) is 0 Å². The molecule has 1 aliphatic rings. The summed E-state index contributed by atoms with van der Waals surface area (Å²) in [7, 11) is 2.04. The highest BCUT2D eigenvalue weighted by Crippen LogP contribution is 2.24. The van der Waals surface area contributed by atoms with Gasteiger partial charge >= 0.3 is 0 Å². The van der Waals surface area contributed by atoms with Gasteiger partial charge in [-0.1, -0.05) is 30.3 Å². The van der Waals surface area contributed by atoms with Gasteiger partial charge in [0.05, 0.1) is 18.3 Å². The van der Waals surface area contributed by atoms with E-state index in [1.807, 2.05) is 26.1 Å². The van der Waals surface area contributed by atoms with E-state index in [2.05, 4.69) is 44.7 Å². The van der Waals surface area contributed by atoms with Gasteiger partial charge in [0.25, 0.3) is 0 Å². The van der Waals surface area contributed by atoms with Crippen LogP contribution < -0.4 is 10.2 Å². The van der Waals surface area contributed by atoms with Crippen molar-refractivity contribution in [1.29, 1.82) is 0 Å². The van der Waals surface area contributed by atoms with Crippen molar-refractivity contribution in [1.82, 2.24) is 19.8 Å². The molecule has 0 saturated carbocycles. The van der Waals surface area contributed by atoms with E-state index in [4.69, 9.17) is 9.84 Å². The Morgan fingerprint density at radius 1 is 1.28 bits per heavy atom. The number of ether oxygens (including phenoxy) is 1. The Kier molecular flexibility index (Phi) is 4.23. The summed E-state index contributed by atoms with van der Waals surface area (Å²) >= 11 is 0. The predicted octanol–water partition coefficient (Wildman–Crippen LogP) is 2.27. The van der Waals surface area contributed by atoms with Crippen molar-refractivity contribution in [3.8, 4) is 0 Å². The maximum atomic E-state index is 5.47. The van der Waals surface area contributed by atoms with Crippen molar-refractivity contribution >= 4 is 17.2 Å². The average molecular weight is 338 g/mol. The Bertz CT molecular complexity index is 857. The van der Waals surface area contributed by atoms with Crippen LogP contribution in [0, 0.1) is 6.92 Å². The Morgan fingerprint density at radius 3 is 2.88 bits per heavy atom. The van der Waals surface area contributed by atoms with Crippen LogP contribution in [0.5, 0.6) is 0 Å². The van der Waals surface area contributed by atoms with E-state index in [1.165, 1.54) is 5.56 Å². The summed E-state index contributed by atoms with van der Waals surface area (Å²) < 4.78 is 7.27. The van der Waals surface area contributed by atoms with Gasteiger partial charge in [0.2, 0.25) is 5.65 Å². The zero-order chi connectivity index (χ0) is 17.2. The fourth-order valence-corrected chi connectivity index (χ4v) is 3.07. The number of nitrogens with one attached hydrogen (secondary N) is 1. The van der Waals surface area contributed by atoms with Gasteiger partial charge in [0.15, 0.2) is 11.6 Å². The Morgan fingerprint density at radius 2 is 2.12 bits per heavy atom. The highest BCUT2D eigenvalue weighted by molar-refractivity contribution is 5.70. The molecule has 1 unspecified atom stereocenters. The molecule has 1 N–H and O–H groups in total. The van der Waals surface area contributed by atoms with Crippen molar-refractivity contribution in [3.63, 3.8) is 0 Å². The molecule has 1 saturated heterocycles. The summed E-state index contributed by atoms with van der Waals surface area (Å²) in [5.41, 5.74) is 2.94. The molecule has 0 bridgehead atoms. The lowest BCUT2D eigenvalue weighted by Crippen LogP contribution is -2.22. The Balaban J connectivity index is 1.67. The molecule has 25 heavy (non-hydrogen) atoms. The molecule has 130 valence electrons. The van der Waals surface area contributed by atoms with Crippen molar-refractivity contribution in [2.75, 3.05) is 30.5 Å². The average Bonchev–Trinajstić information content (AvgIpc) is 3.26. The maximum absolute atomic E-state index is 5.47. The highest BCUT2D eigenvalue weighted by Gasteiger charge is 2.19. The molecule has 7 nitrogen and oxygen atoms in total. The zero-order valence-corrected chi connectivity index (χ0v) is 14.5. The molecule has 2 aromatic heterocycles.